The second-order valence-electron chi connectivity index (χ2n) is 7.26. The van der Waals surface area contributed by atoms with Gasteiger partial charge in [0.05, 0.1) is 18.2 Å². The van der Waals surface area contributed by atoms with Gasteiger partial charge in [0.15, 0.2) is 6.10 Å². The lowest BCUT2D eigenvalue weighted by atomic mass is 9.94. The van der Waals surface area contributed by atoms with Gasteiger partial charge in [-0.3, -0.25) is 4.79 Å². The number of carbonyl (C=O) groups excluding carboxylic acids is 1. The molecule has 1 aliphatic rings. The maximum absolute atomic E-state index is 12.4. The number of hydrogen-bond acceptors (Lipinski definition) is 6. The predicted molar refractivity (Wildman–Crippen MR) is 123 cm³/mol. The fourth-order valence-electron chi connectivity index (χ4n) is 3.40. The highest BCUT2D eigenvalue weighted by molar-refractivity contribution is 14.1. The Hall–Kier alpha value is -0.700. The summed E-state index contributed by atoms with van der Waals surface area (Å²) in [6.45, 7) is 0. The highest BCUT2D eigenvalue weighted by Crippen LogP contribution is 2.27. The summed E-state index contributed by atoms with van der Waals surface area (Å²) in [5.41, 5.74) is -0.0470. The summed E-state index contributed by atoms with van der Waals surface area (Å²) < 4.78 is 0.358. The van der Waals surface area contributed by atoms with Gasteiger partial charge in [0.1, 0.15) is 11.3 Å². The van der Waals surface area contributed by atoms with Crippen molar-refractivity contribution in [3.8, 4) is 5.75 Å². The summed E-state index contributed by atoms with van der Waals surface area (Å²) in [6.07, 6.45) is -1.87. The number of benzene rings is 1. The van der Waals surface area contributed by atoms with E-state index in [9.17, 15) is 35.1 Å². The predicted octanol–water partition coefficient (Wildman–Crippen LogP) is 1.38. The van der Waals surface area contributed by atoms with E-state index in [1.165, 1.54) is 18.2 Å². The largest absolute Gasteiger partial charge is 0.507 e. The number of alkyl halides is 2. The fraction of sp³-hybridized carbons (Fsp3) is 0.579. The van der Waals surface area contributed by atoms with Crippen molar-refractivity contribution in [2.24, 2.45) is 0 Å². The minimum atomic E-state index is -1.60. The number of rotatable bonds is 4. The van der Waals surface area contributed by atoms with Crippen LogP contribution in [0.4, 0.5) is 0 Å². The summed E-state index contributed by atoms with van der Waals surface area (Å²) >= 11 is 4.53. The molecule has 162 valence electrons. The van der Waals surface area contributed by atoms with Crippen LogP contribution in [0, 0.1) is 0 Å². The number of hydrogen-bond donors (Lipinski definition) is 6. The van der Waals surface area contributed by atoms with E-state index in [2.05, 4.69) is 50.5 Å². The van der Waals surface area contributed by atoms with Crippen molar-refractivity contribution in [1.29, 1.82) is 0 Å². The van der Waals surface area contributed by atoms with E-state index in [0.29, 0.717) is 19.3 Å². The van der Waals surface area contributed by atoms with Crippen LogP contribution in [0.1, 0.15) is 41.6 Å². The maximum Gasteiger partial charge on any atom is 0.339 e. The Kier molecular flexibility index (Phi) is 9.38. The van der Waals surface area contributed by atoms with E-state index in [1.807, 2.05) is 0 Å². The monoisotopic (exact) mass is 633 g/mol. The van der Waals surface area contributed by atoms with Crippen LogP contribution in [0.3, 0.4) is 0 Å². The Morgan fingerprint density at radius 3 is 2.52 bits per heavy atom. The molecule has 8 nitrogen and oxygen atoms in total. The molecule has 10 heteroatoms. The molecule has 29 heavy (non-hydrogen) atoms. The highest BCUT2D eigenvalue weighted by atomic mass is 127. The minimum Gasteiger partial charge on any atom is -0.507 e. The average Bonchev–Trinajstić information content (AvgIpc) is 2.65. The van der Waals surface area contributed by atoms with Gasteiger partial charge in [0.2, 0.25) is 0 Å². The minimum absolute atomic E-state index is 0.101. The number of amides is 1. The zero-order valence-corrected chi connectivity index (χ0v) is 19.9. The molecule has 0 radical (unpaired) electrons. The van der Waals surface area contributed by atoms with Crippen LogP contribution in [0.2, 0.25) is 0 Å². The molecule has 0 bridgehead atoms. The number of carbonyl (C=O) groups is 2. The van der Waals surface area contributed by atoms with E-state index in [-0.39, 0.29) is 25.4 Å². The first-order chi connectivity index (χ1) is 13.6. The molecule has 2 rings (SSSR count). The van der Waals surface area contributed by atoms with Gasteiger partial charge < -0.3 is 30.8 Å². The molecule has 0 aromatic heterocycles. The molecule has 6 atom stereocenters. The van der Waals surface area contributed by atoms with Crippen LogP contribution in [-0.2, 0) is 11.2 Å². The first-order valence-electron chi connectivity index (χ1n) is 9.27. The number of carboxylic acids is 1. The molecule has 1 heterocycles. The third-order valence-electron chi connectivity index (χ3n) is 4.99. The topological polar surface area (TPSA) is 147 Å². The molecule has 1 fully saturated rings. The second kappa shape index (κ2) is 11.1. The van der Waals surface area contributed by atoms with Gasteiger partial charge in [-0.05, 0) is 37.3 Å². The van der Waals surface area contributed by atoms with Gasteiger partial charge in [-0.1, -0.05) is 57.3 Å². The number of aromatic carboxylic acids is 1. The highest BCUT2D eigenvalue weighted by Gasteiger charge is 2.32. The second-order valence-corrected chi connectivity index (χ2v) is 10.8. The van der Waals surface area contributed by atoms with Crippen molar-refractivity contribution in [2.45, 2.75) is 64.3 Å². The molecule has 1 amide bonds. The number of aromatic hydroxyl groups is 1. The SMILES string of the molecule is O=C(O)c1c(O)cccc1CC(O)C1CC(I)CC(I)CCC(O)C(O)C(=O)N1. The number of aliphatic hydroxyl groups excluding tert-OH is 3. The van der Waals surface area contributed by atoms with Crippen LogP contribution < -0.4 is 5.32 Å². The molecule has 0 aliphatic carbocycles. The van der Waals surface area contributed by atoms with E-state index in [0.717, 1.165) is 6.42 Å². The summed E-state index contributed by atoms with van der Waals surface area (Å²) in [7, 11) is 0. The first-order valence-corrected chi connectivity index (χ1v) is 11.8. The maximum atomic E-state index is 12.4. The average molecular weight is 633 g/mol. The smallest absolute Gasteiger partial charge is 0.339 e. The van der Waals surface area contributed by atoms with Gasteiger partial charge in [-0.2, -0.15) is 0 Å². The van der Waals surface area contributed by atoms with Crippen molar-refractivity contribution in [1.82, 2.24) is 5.32 Å². The Labute approximate surface area is 196 Å². The molecular formula is C19H25I2NO7. The van der Waals surface area contributed by atoms with Crippen molar-refractivity contribution in [2.75, 3.05) is 0 Å². The van der Waals surface area contributed by atoms with E-state index in [4.69, 9.17) is 0 Å². The Morgan fingerprint density at radius 1 is 1.17 bits per heavy atom. The van der Waals surface area contributed by atoms with Crippen LogP contribution in [-0.4, -0.2) is 69.6 Å². The van der Waals surface area contributed by atoms with Gasteiger partial charge >= 0.3 is 5.97 Å². The first kappa shape index (κ1) is 24.6. The van der Waals surface area contributed by atoms with Crippen LogP contribution in [0.5, 0.6) is 5.75 Å². The molecule has 6 unspecified atom stereocenters. The van der Waals surface area contributed by atoms with Gasteiger partial charge in [0, 0.05) is 14.3 Å². The summed E-state index contributed by atoms with van der Waals surface area (Å²) in [5, 5.41) is 52.8. The van der Waals surface area contributed by atoms with Crippen molar-refractivity contribution in [3.05, 3.63) is 29.3 Å². The molecule has 1 aromatic carbocycles. The van der Waals surface area contributed by atoms with Crippen molar-refractivity contribution >= 4 is 57.1 Å². The van der Waals surface area contributed by atoms with Gasteiger partial charge in [-0.25, -0.2) is 4.79 Å². The molecule has 1 aromatic rings. The Bertz CT molecular complexity index is 733. The van der Waals surface area contributed by atoms with Crippen molar-refractivity contribution in [3.63, 3.8) is 0 Å². The van der Waals surface area contributed by atoms with Crippen LogP contribution in [0.25, 0.3) is 0 Å². The lowest BCUT2D eigenvalue weighted by Gasteiger charge is -2.28. The standard InChI is InChI=1S/C19H25I2NO7/c20-10-4-5-14(24)17(26)18(27)22-12(8-11(21)7-10)15(25)6-9-2-1-3-13(23)16(9)19(28)29/h1-3,10-12,14-15,17,23-26H,4-8H2,(H,22,27)(H,28,29). The van der Waals surface area contributed by atoms with Gasteiger partial charge in [0.25, 0.3) is 5.91 Å². The number of carboxylic acid groups (broad SMARTS) is 1. The zero-order valence-electron chi connectivity index (χ0n) is 15.5. The molecule has 0 saturated carbocycles. The van der Waals surface area contributed by atoms with Gasteiger partial charge in [-0.15, -0.1) is 0 Å². The number of phenols is 1. The summed E-state index contributed by atoms with van der Waals surface area (Å²) in [5.74, 6) is -2.48. The molecule has 0 spiro atoms. The molecule has 1 saturated heterocycles. The number of halogens is 2. The number of nitrogens with one attached hydrogen (secondary N) is 1. The van der Waals surface area contributed by atoms with E-state index in [1.54, 1.807) is 0 Å². The van der Waals surface area contributed by atoms with E-state index >= 15 is 0 Å². The number of aliphatic hydroxyl groups is 3. The molecular weight excluding hydrogens is 608 g/mol. The third kappa shape index (κ3) is 6.91. The Morgan fingerprint density at radius 2 is 1.86 bits per heavy atom. The van der Waals surface area contributed by atoms with Crippen LogP contribution in [0.15, 0.2) is 18.2 Å². The normalized spacial score (nSPS) is 30.1. The molecule has 1 aliphatic heterocycles. The summed E-state index contributed by atoms with van der Waals surface area (Å²) in [4.78, 5) is 23.8. The van der Waals surface area contributed by atoms with Crippen molar-refractivity contribution < 1.29 is 35.1 Å². The zero-order chi connectivity index (χ0) is 21.7. The van der Waals surface area contributed by atoms with E-state index < -0.39 is 42.0 Å². The summed E-state index contributed by atoms with van der Waals surface area (Å²) in [6, 6.07) is 3.49. The fourth-order valence-corrected chi connectivity index (χ4v) is 6.51. The Balaban J connectivity index is 2.25. The quantitative estimate of drug-likeness (QED) is 0.217. The lowest BCUT2D eigenvalue weighted by molar-refractivity contribution is -0.137. The third-order valence-corrected chi connectivity index (χ3v) is 7.14. The van der Waals surface area contributed by atoms with Crippen LogP contribution >= 0.6 is 45.2 Å². The molecule has 6 N–H and O–H groups in total. The lowest BCUT2D eigenvalue weighted by Crippen LogP contribution is -2.51.